The van der Waals surface area contributed by atoms with Crippen LogP contribution >= 0.6 is 11.6 Å². The number of halogens is 1. The number of nitrogens with two attached hydrogens (primary N) is 1. The van der Waals surface area contributed by atoms with Crippen molar-refractivity contribution in [1.82, 2.24) is 30.2 Å². The second-order valence-electron chi connectivity index (χ2n) is 4.98. The van der Waals surface area contributed by atoms with Gasteiger partial charge in [-0.3, -0.25) is 0 Å². The van der Waals surface area contributed by atoms with Gasteiger partial charge in [0.2, 0.25) is 5.82 Å². The number of nitriles is 1. The molecule has 3 aromatic rings. The summed E-state index contributed by atoms with van der Waals surface area (Å²) in [5.41, 5.74) is 6.93. The van der Waals surface area contributed by atoms with Gasteiger partial charge in [-0.25, -0.2) is 9.97 Å². The summed E-state index contributed by atoms with van der Waals surface area (Å²) in [7, 11) is 0. The maximum absolute atomic E-state index is 8.33. The number of hydrogen-bond acceptors (Lipinski definition) is 7. The molecule has 2 N–H and O–H groups in total. The van der Waals surface area contributed by atoms with Crippen LogP contribution < -0.4 is 5.73 Å². The zero-order valence-electron chi connectivity index (χ0n) is 13.1. The van der Waals surface area contributed by atoms with Crippen LogP contribution in [0.2, 0.25) is 5.15 Å². The van der Waals surface area contributed by atoms with E-state index in [2.05, 4.69) is 25.4 Å². The highest BCUT2D eigenvalue weighted by atomic mass is 35.5. The third-order valence-electron chi connectivity index (χ3n) is 2.79. The molecule has 0 fully saturated rings. The lowest BCUT2D eigenvalue weighted by Gasteiger charge is -1.99. The molecule has 0 spiro atoms. The third kappa shape index (κ3) is 4.72. The predicted octanol–water partition coefficient (Wildman–Crippen LogP) is 2.50. The van der Waals surface area contributed by atoms with Crippen LogP contribution in [-0.2, 0) is 0 Å². The Labute approximate surface area is 143 Å². The third-order valence-corrected chi connectivity index (χ3v) is 2.99. The molecule has 9 heteroatoms. The first-order valence-corrected chi connectivity index (χ1v) is 7.40. The topological polar surface area (TPSA) is 119 Å². The minimum Gasteiger partial charge on any atom is -0.384 e. The van der Waals surface area contributed by atoms with Crippen LogP contribution in [0.1, 0.15) is 25.5 Å². The summed E-state index contributed by atoms with van der Waals surface area (Å²) in [6.45, 7) is 3.98. The number of rotatable bonds is 2. The number of pyridine rings is 2. The van der Waals surface area contributed by atoms with Crippen molar-refractivity contribution in [2.24, 2.45) is 0 Å². The molecule has 0 aliphatic carbocycles. The zero-order valence-corrected chi connectivity index (χ0v) is 13.9. The number of anilines is 1. The van der Waals surface area contributed by atoms with Crippen LogP contribution in [0.15, 0.2) is 36.7 Å². The second-order valence-corrected chi connectivity index (χ2v) is 5.36. The second kappa shape index (κ2) is 7.99. The van der Waals surface area contributed by atoms with Crippen molar-refractivity contribution in [3.63, 3.8) is 0 Å². The number of aromatic nitrogens is 6. The van der Waals surface area contributed by atoms with Crippen LogP contribution in [0.5, 0.6) is 0 Å². The average Bonchev–Trinajstić information content (AvgIpc) is 3.06. The Bertz CT molecular complexity index is 852. The number of tetrazole rings is 1. The molecule has 0 aromatic carbocycles. The van der Waals surface area contributed by atoms with Crippen LogP contribution in [0, 0.1) is 11.3 Å². The molecule has 0 aliphatic heterocycles. The predicted molar refractivity (Wildman–Crippen MR) is 89.8 cm³/mol. The highest BCUT2D eigenvalue weighted by Crippen LogP contribution is 2.15. The molecule has 24 heavy (non-hydrogen) atoms. The van der Waals surface area contributed by atoms with E-state index in [9.17, 15) is 0 Å². The summed E-state index contributed by atoms with van der Waals surface area (Å²) in [4.78, 5) is 9.17. The number of nitrogen functional groups attached to an aromatic ring is 1. The van der Waals surface area contributed by atoms with E-state index in [4.69, 9.17) is 22.6 Å². The van der Waals surface area contributed by atoms with Crippen molar-refractivity contribution in [3.05, 3.63) is 47.4 Å². The van der Waals surface area contributed by atoms with Crippen LogP contribution in [0.4, 0.5) is 5.82 Å². The number of nitrogens with zero attached hydrogens (tertiary/aromatic N) is 7. The van der Waals surface area contributed by atoms with Gasteiger partial charge in [0.1, 0.15) is 11.0 Å². The van der Waals surface area contributed by atoms with Gasteiger partial charge >= 0.3 is 0 Å². The average molecular weight is 343 g/mol. The fourth-order valence-electron chi connectivity index (χ4n) is 1.62. The molecule has 0 bridgehead atoms. The van der Waals surface area contributed by atoms with Crippen LogP contribution in [0.3, 0.4) is 0 Å². The molecule has 122 valence electrons. The first-order valence-electron chi connectivity index (χ1n) is 7.02. The minimum absolute atomic E-state index is 0.199. The summed E-state index contributed by atoms with van der Waals surface area (Å²) in [5.74, 6) is 1.02. The molecule has 0 aliphatic rings. The van der Waals surface area contributed by atoms with E-state index in [1.165, 1.54) is 12.3 Å². The highest BCUT2D eigenvalue weighted by molar-refractivity contribution is 6.29. The SMILES string of the molecule is CC(C)n1nnc(-c2ccnc(N)c2)n1.N#Cc1ccnc(Cl)c1. The fraction of sp³-hybridized carbons (Fsp3) is 0.200. The molecular formula is C15H15ClN8. The quantitative estimate of drug-likeness (QED) is 0.710. The lowest BCUT2D eigenvalue weighted by atomic mass is 10.2. The van der Waals surface area contributed by atoms with Crippen molar-refractivity contribution >= 4 is 17.4 Å². The zero-order chi connectivity index (χ0) is 17.5. The molecule has 0 amide bonds. The van der Waals surface area contributed by atoms with E-state index in [-0.39, 0.29) is 6.04 Å². The van der Waals surface area contributed by atoms with Gasteiger partial charge in [-0.2, -0.15) is 10.1 Å². The van der Waals surface area contributed by atoms with Crippen molar-refractivity contribution in [3.8, 4) is 17.5 Å². The Balaban J connectivity index is 0.000000198. The maximum atomic E-state index is 8.33. The maximum Gasteiger partial charge on any atom is 0.205 e. The van der Waals surface area contributed by atoms with Gasteiger partial charge in [0.05, 0.1) is 17.7 Å². The largest absolute Gasteiger partial charge is 0.384 e. The normalized spacial score (nSPS) is 9.96. The first kappa shape index (κ1) is 17.3. The molecule has 0 saturated heterocycles. The van der Waals surface area contributed by atoms with Gasteiger partial charge in [0.15, 0.2) is 0 Å². The smallest absolute Gasteiger partial charge is 0.205 e. The van der Waals surface area contributed by atoms with Crippen molar-refractivity contribution in [1.29, 1.82) is 5.26 Å². The molecule has 8 nitrogen and oxygen atoms in total. The van der Waals surface area contributed by atoms with Crippen molar-refractivity contribution in [2.45, 2.75) is 19.9 Å². The minimum atomic E-state index is 0.199. The summed E-state index contributed by atoms with van der Waals surface area (Å²) in [5, 5.41) is 20.8. The highest BCUT2D eigenvalue weighted by Gasteiger charge is 2.07. The summed E-state index contributed by atoms with van der Waals surface area (Å²) >= 11 is 5.46. The molecule has 3 rings (SSSR count). The molecule has 3 heterocycles. The lowest BCUT2D eigenvalue weighted by molar-refractivity contribution is 0.455. The molecule has 0 radical (unpaired) electrons. The van der Waals surface area contributed by atoms with Crippen LogP contribution in [-0.4, -0.2) is 30.2 Å². The van der Waals surface area contributed by atoms with Gasteiger partial charge in [0.25, 0.3) is 0 Å². The number of hydrogen-bond donors (Lipinski definition) is 1. The Kier molecular flexibility index (Phi) is 5.76. The lowest BCUT2D eigenvalue weighted by Crippen LogP contribution is -2.04. The van der Waals surface area contributed by atoms with E-state index < -0.39 is 0 Å². The monoisotopic (exact) mass is 342 g/mol. The summed E-state index contributed by atoms with van der Waals surface area (Å²) in [6.07, 6.45) is 3.13. The van der Waals surface area contributed by atoms with E-state index in [0.29, 0.717) is 22.4 Å². The Morgan fingerprint density at radius 3 is 2.50 bits per heavy atom. The van der Waals surface area contributed by atoms with Crippen molar-refractivity contribution in [2.75, 3.05) is 5.73 Å². The Morgan fingerprint density at radius 1 is 1.21 bits per heavy atom. The van der Waals surface area contributed by atoms with Gasteiger partial charge in [-0.1, -0.05) is 11.6 Å². The van der Waals surface area contributed by atoms with Gasteiger partial charge in [-0.05, 0) is 43.3 Å². The summed E-state index contributed by atoms with van der Waals surface area (Å²) in [6, 6.07) is 8.79. The van der Waals surface area contributed by atoms with E-state index in [0.717, 1.165) is 5.56 Å². The molecule has 0 atom stereocenters. The molecular weight excluding hydrogens is 328 g/mol. The fourth-order valence-corrected chi connectivity index (χ4v) is 1.79. The molecule has 0 saturated carbocycles. The Morgan fingerprint density at radius 2 is 1.96 bits per heavy atom. The standard InChI is InChI=1S/C9H12N6.C6H3ClN2/c1-6(2)15-13-9(12-14-15)7-3-4-11-8(10)5-7;7-6-3-5(4-8)1-2-9-6/h3-6H,1-2H3,(H2,10,11);1-3H. The van der Waals surface area contributed by atoms with E-state index in [1.54, 1.807) is 29.2 Å². The van der Waals surface area contributed by atoms with Gasteiger partial charge in [0, 0.05) is 18.0 Å². The van der Waals surface area contributed by atoms with Crippen molar-refractivity contribution < 1.29 is 0 Å². The molecule has 0 unspecified atom stereocenters. The first-order chi connectivity index (χ1) is 11.5. The van der Waals surface area contributed by atoms with E-state index >= 15 is 0 Å². The van der Waals surface area contributed by atoms with Gasteiger partial charge in [-0.15, -0.1) is 10.2 Å². The summed E-state index contributed by atoms with van der Waals surface area (Å²) < 4.78 is 0. The Hall–Kier alpha value is -3.05. The van der Waals surface area contributed by atoms with E-state index in [1.807, 2.05) is 19.9 Å². The van der Waals surface area contributed by atoms with Gasteiger partial charge < -0.3 is 5.73 Å². The van der Waals surface area contributed by atoms with Crippen LogP contribution in [0.25, 0.3) is 11.4 Å². The molecule has 3 aromatic heterocycles.